The molecule has 1 saturated carbocycles. The first-order valence-electron chi connectivity index (χ1n) is 7.62. The van der Waals surface area contributed by atoms with Crippen LogP contribution < -0.4 is 5.32 Å². The van der Waals surface area contributed by atoms with Crippen LogP contribution in [-0.2, 0) is 0 Å². The van der Waals surface area contributed by atoms with Gasteiger partial charge in [-0.1, -0.05) is 17.7 Å². The second kappa shape index (κ2) is 6.67. The van der Waals surface area contributed by atoms with Crippen molar-refractivity contribution in [2.45, 2.75) is 31.7 Å². The summed E-state index contributed by atoms with van der Waals surface area (Å²) in [5, 5.41) is 3.99. The van der Waals surface area contributed by atoms with Gasteiger partial charge < -0.3 is 10.2 Å². The van der Waals surface area contributed by atoms with Gasteiger partial charge in [-0.15, -0.1) is 0 Å². The molecule has 114 valence electrons. The molecule has 1 aromatic carbocycles. The number of carbonyl (C=O) groups is 1. The molecule has 1 N–H and O–H groups in total. The van der Waals surface area contributed by atoms with Gasteiger partial charge in [0.2, 0.25) is 0 Å². The fraction of sp³-hybridized carbons (Fsp3) is 0.562. The summed E-state index contributed by atoms with van der Waals surface area (Å²) in [5.41, 5.74) is 0.602. The lowest BCUT2D eigenvalue weighted by Gasteiger charge is -2.26. The van der Waals surface area contributed by atoms with Gasteiger partial charge in [0.1, 0.15) is 0 Å². The molecule has 1 aliphatic heterocycles. The van der Waals surface area contributed by atoms with Gasteiger partial charge in [0, 0.05) is 23.6 Å². The van der Waals surface area contributed by atoms with Crippen LogP contribution in [0.1, 0.15) is 36.0 Å². The molecule has 1 aliphatic carbocycles. The fourth-order valence-electron chi connectivity index (χ4n) is 2.87. The average molecular weight is 372 g/mol. The Bertz CT molecular complexity index is 527. The van der Waals surface area contributed by atoms with Crippen molar-refractivity contribution in [2.75, 3.05) is 19.6 Å². The van der Waals surface area contributed by atoms with Crippen molar-refractivity contribution in [3.63, 3.8) is 0 Å². The van der Waals surface area contributed by atoms with Crippen LogP contribution in [-0.4, -0.2) is 36.5 Å². The first kappa shape index (κ1) is 15.3. The third-order valence-electron chi connectivity index (χ3n) is 4.25. The lowest BCUT2D eigenvalue weighted by atomic mass is 10.1. The topological polar surface area (TPSA) is 32.3 Å². The average Bonchev–Trinajstić information content (AvgIpc) is 3.14. The van der Waals surface area contributed by atoms with E-state index in [1.165, 1.54) is 19.3 Å². The first-order chi connectivity index (χ1) is 10.1. The lowest BCUT2D eigenvalue weighted by Crippen LogP contribution is -2.42. The predicted molar refractivity (Wildman–Crippen MR) is 88.8 cm³/mol. The Labute approximate surface area is 139 Å². The summed E-state index contributed by atoms with van der Waals surface area (Å²) < 4.78 is 0.778. The third kappa shape index (κ3) is 3.79. The Balaban J connectivity index is 1.76. The third-order valence-corrected chi connectivity index (χ3v) is 5.54. The van der Waals surface area contributed by atoms with Crippen LogP contribution in [0.3, 0.4) is 0 Å². The van der Waals surface area contributed by atoms with Gasteiger partial charge in [-0.25, -0.2) is 0 Å². The number of halogens is 2. The molecule has 1 unspecified atom stereocenters. The summed E-state index contributed by atoms with van der Waals surface area (Å²) in [6, 6.07) is 5.98. The number of rotatable bonds is 5. The van der Waals surface area contributed by atoms with Crippen LogP contribution >= 0.6 is 27.5 Å². The summed E-state index contributed by atoms with van der Waals surface area (Å²) in [5.74, 6) is 0.739. The van der Waals surface area contributed by atoms with Crippen molar-refractivity contribution in [3.8, 4) is 0 Å². The maximum Gasteiger partial charge on any atom is 0.255 e. The molecule has 0 radical (unpaired) electrons. The molecule has 21 heavy (non-hydrogen) atoms. The number of nitrogens with one attached hydrogen (secondary N) is 1. The van der Waals surface area contributed by atoms with Gasteiger partial charge in [0.25, 0.3) is 5.91 Å². The van der Waals surface area contributed by atoms with Crippen LogP contribution in [0.25, 0.3) is 0 Å². The molecule has 1 atom stereocenters. The summed E-state index contributed by atoms with van der Waals surface area (Å²) in [6.07, 6.45) is 4.84. The second-order valence-corrected chi connectivity index (χ2v) is 7.28. The van der Waals surface area contributed by atoms with Crippen LogP contribution in [0.5, 0.6) is 0 Å². The minimum absolute atomic E-state index is 0.0573. The van der Waals surface area contributed by atoms with Crippen molar-refractivity contribution in [1.82, 2.24) is 10.2 Å². The fourth-order valence-corrected chi connectivity index (χ4v) is 3.44. The van der Waals surface area contributed by atoms with Crippen molar-refractivity contribution in [2.24, 2.45) is 5.92 Å². The lowest BCUT2D eigenvalue weighted by molar-refractivity contribution is 0.0733. The molecule has 1 heterocycles. The van der Waals surface area contributed by atoms with Crippen molar-refractivity contribution < 1.29 is 4.79 Å². The van der Waals surface area contributed by atoms with Gasteiger partial charge in [0.05, 0.1) is 10.6 Å². The van der Waals surface area contributed by atoms with Crippen LogP contribution in [0.4, 0.5) is 0 Å². The van der Waals surface area contributed by atoms with Gasteiger partial charge in [-0.05, 0) is 66.2 Å². The highest BCUT2D eigenvalue weighted by atomic mass is 79.9. The van der Waals surface area contributed by atoms with Gasteiger partial charge in [-0.2, -0.15) is 0 Å². The van der Waals surface area contributed by atoms with Gasteiger partial charge in [-0.3, -0.25) is 4.79 Å². The number of benzene rings is 1. The van der Waals surface area contributed by atoms with E-state index in [0.717, 1.165) is 30.5 Å². The molecule has 1 saturated heterocycles. The SMILES string of the molecule is O=C(c1cccc(Br)c1Cl)N(CC1CC1)CC1CCCN1. The van der Waals surface area contributed by atoms with Crippen molar-refractivity contribution >= 4 is 33.4 Å². The zero-order chi connectivity index (χ0) is 14.8. The Morgan fingerprint density at radius 1 is 1.33 bits per heavy atom. The number of amides is 1. The smallest absolute Gasteiger partial charge is 0.255 e. The van der Waals surface area contributed by atoms with E-state index >= 15 is 0 Å². The Morgan fingerprint density at radius 3 is 2.81 bits per heavy atom. The van der Waals surface area contributed by atoms with E-state index in [-0.39, 0.29) is 5.91 Å². The maximum absolute atomic E-state index is 12.9. The number of carbonyl (C=O) groups excluding carboxylic acids is 1. The molecule has 0 aromatic heterocycles. The van der Waals surface area contributed by atoms with Crippen molar-refractivity contribution in [1.29, 1.82) is 0 Å². The van der Waals surface area contributed by atoms with Crippen LogP contribution in [0.15, 0.2) is 22.7 Å². The zero-order valence-corrected chi connectivity index (χ0v) is 14.3. The molecule has 2 aliphatic rings. The van der Waals surface area contributed by atoms with Gasteiger partial charge in [0.15, 0.2) is 0 Å². The number of nitrogens with zero attached hydrogens (tertiary/aromatic N) is 1. The quantitative estimate of drug-likeness (QED) is 0.856. The molecule has 3 nitrogen and oxygen atoms in total. The molecule has 2 fully saturated rings. The van der Waals surface area contributed by atoms with E-state index in [9.17, 15) is 4.79 Å². The molecule has 0 spiro atoms. The standard InChI is InChI=1S/C16H20BrClN2O/c17-14-5-1-4-13(15(14)18)16(21)20(9-11-6-7-11)10-12-3-2-8-19-12/h1,4-5,11-12,19H,2-3,6-10H2. The zero-order valence-electron chi connectivity index (χ0n) is 11.9. The highest BCUT2D eigenvalue weighted by Gasteiger charge is 2.30. The molecule has 3 rings (SSSR count). The summed E-state index contributed by atoms with van der Waals surface area (Å²) in [6.45, 7) is 2.71. The highest BCUT2D eigenvalue weighted by molar-refractivity contribution is 9.10. The first-order valence-corrected chi connectivity index (χ1v) is 8.79. The summed E-state index contributed by atoms with van der Waals surface area (Å²) >= 11 is 9.69. The Morgan fingerprint density at radius 2 is 2.14 bits per heavy atom. The van der Waals surface area contributed by atoms with Crippen LogP contribution in [0.2, 0.25) is 5.02 Å². The minimum atomic E-state index is 0.0573. The predicted octanol–water partition coefficient (Wildman–Crippen LogP) is 3.71. The molecule has 1 amide bonds. The van der Waals surface area contributed by atoms with E-state index in [1.807, 2.05) is 23.1 Å². The largest absolute Gasteiger partial charge is 0.337 e. The second-order valence-electron chi connectivity index (χ2n) is 6.05. The van der Waals surface area contributed by atoms with Crippen LogP contribution in [0, 0.1) is 5.92 Å². The highest BCUT2D eigenvalue weighted by Crippen LogP contribution is 2.32. The molecule has 0 bridgehead atoms. The Kier molecular flexibility index (Phi) is 4.87. The molecular formula is C16H20BrClN2O. The van der Waals surface area contributed by atoms with E-state index in [4.69, 9.17) is 11.6 Å². The maximum atomic E-state index is 12.9. The summed E-state index contributed by atoms with van der Waals surface area (Å²) in [4.78, 5) is 14.9. The Hall–Kier alpha value is -0.580. The monoisotopic (exact) mass is 370 g/mol. The number of hydrogen-bond donors (Lipinski definition) is 1. The molecule has 5 heteroatoms. The van der Waals surface area contributed by atoms with E-state index < -0.39 is 0 Å². The van der Waals surface area contributed by atoms with E-state index in [1.54, 1.807) is 0 Å². The molecule has 1 aromatic rings. The van der Waals surface area contributed by atoms with Crippen molar-refractivity contribution in [3.05, 3.63) is 33.3 Å². The molecular weight excluding hydrogens is 352 g/mol. The van der Waals surface area contributed by atoms with E-state index in [2.05, 4.69) is 21.2 Å². The number of hydrogen-bond acceptors (Lipinski definition) is 2. The van der Waals surface area contributed by atoms with E-state index in [0.29, 0.717) is 22.5 Å². The summed E-state index contributed by atoms with van der Waals surface area (Å²) in [7, 11) is 0. The van der Waals surface area contributed by atoms with Gasteiger partial charge >= 0.3 is 0 Å². The normalized spacial score (nSPS) is 21.5. The minimum Gasteiger partial charge on any atom is -0.337 e.